The van der Waals surface area contributed by atoms with Crippen LogP contribution in [0.5, 0.6) is 0 Å². The molecule has 2 fully saturated rings. The molecule has 2 heterocycles. The van der Waals surface area contributed by atoms with E-state index in [0.29, 0.717) is 5.41 Å². The van der Waals surface area contributed by atoms with E-state index in [-0.39, 0.29) is 0 Å². The minimum Gasteiger partial charge on any atom is -0.381 e. The lowest BCUT2D eigenvalue weighted by Gasteiger charge is -2.43. The lowest BCUT2D eigenvalue weighted by molar-refractivity contribution is -0.0319. The second-order valence-electron chi connectivity index (χ2n) is 6.30. The van der Waals surface area contributed by atoms with Gasteiger partial charge >= 0.3 is 0 Å². The Labute approximate surface area is 118 Å². The van der Waals surface area contributed by atoms with Crippen LogP contribution in [0.4, 0.5) is 0 Å². The lowest BCUT2D eigenvalue weighted by atomic mass is 9.81. The zero-order valence-electron chi connectivity index (χ0n) is 12.8. The second kappa shape index (κ2) is 7.58. The zero-order chi connectivity index (χ0) is 13.6. The van der Waals surface area contributed by atoms with E-state index in [4.69, 9.17) is 4.74 Å². The molecular weight excluding hydrogens is 238 g/mol. The van der Waals surface area contributed by atoms with Gasteiger partial charge in [-0.25, -0.2) is 0 Å². The quantitative estimate of drug-likeness (QED) is 0.779. The minimum absolute atomic E-state index is 0.347. The molecule has 0 aromatic carbocycles. The fourth-order valence-corrected chi connectivity index (χ4v) is 3.57. The molecule has 0 saturated carbocycles. The maximum Gasteiger partial charge on any atom is 0.0546 e. The molecule has 0 aliphatic carbocycles. The first-order valence-electron chi connectivity index (χ1n) is 7.95. The number of ether oxygens (including phenoxy) is 1. The molecule has 0 aromatic rings. The van der Waals surface area contributed by atoms with Gasteiger partial charge in [0.25, 0.3) is 0 Å². The Balaban J connectivity index is 1.81. The zero-order valence-corrected chi connectivity index (χ0v) is 12.8. The molecule has 0 spiro atoms. The first kappa shape index (κ1) is 15.2. The summed E-state index contributed by atoms with van der Waals surface area (Å²) in [5.41, 5.74) is 0.347. The van der Waals surface area contributed by atoms with Crippen LogP contribution in [0.2, 0.25) is 0 Å². The van der Waals surface area contributed by atoms with Crippen molar-refractivity contribution >= 4 is 0 Å². The van der Waals surface area contributed by atoms with Crippen LogP contribution in [0.25, 0.3) is 0 Å². The van der Waals surface area contributed by atoms with E-state index in [1.807, 2.05) is 0 Å². The van der Waals surface area contributed by atoms with E-state index in [2.05, 4.69) is 29.1 Å². The third kappa shape index (κ3) is 4.42. The molecule has 112 valence electrons. The summed E-state index contributed by atoms with van der Waals surface area (Å²) < 4.78 is 5.76. The monoisotopic (exact) mass is 269 g/mol. The molecule has 4 heteroatoms. The van der Waals surface area contributed by atoms with E-state index in [0.717, 1.165) is 19.8 Å². The molecule has 0 amide bonds. The van der Waals surface area contributed by atoms with E-state index >= 15 is 0 Å². The Morgan fingerprint density at radius 1 is 1.16 bits per heavy atom. The molecule has 19 heavy (non-hydrogen) atoms. The number of nitrogens with zero attached hydrogens (tertiary/aromatic N) is 2. The van der Waals surface area contributed by atoms with Gasteiger partial charge in [0, 0.05) is 51.3 Å². The normalized spacial score (nSPS) is 30.6. The topological polar surface area (TPSA) is 27.7 Å². The summed E-state index contributed by atoms with van der Waals surface area (Å²) >= 11 is 0. The summed E-state index contributed by atoms with van der Waals surface area (Å²) in [6.07, 6.45) is 3.80. The fraction of sp³-hybridized carbons (Fsp3) is 1.00. The molecule has 0 aromatic heterocycles. The SMILES string of the molecule is CCCN1CCN(CC2(CNC)CCCOC2)CC1. The molecule has 2 saturated heterocycles. The maximum atomic E-state index is 5.76. The fourth-order valence-electron chi connectivity index (χ4n) is 3.57. The van der Waals surface area contributed by atoms with Gasteiger partial charge in [0.15, 0.2) is 0 Å². The van der Waals surface area contributed by atoms with Crippen molar-refractivity contribution in [3.05, 3.63) is 0 Å². The Hall–Kier alpha value is -0.160. The molecule has 2 rings (SSSR count). The highest BCUT2D eigenvalue weighted by molar-refractivity contribution is 4.88. The number of hydrogen-bond acceptors (Lipinski definition) is 4. The summed E-state index contributed by atoms with van der Waals surface area (Å²) in [7, 11) is 2.07. The van der Waals surface area contributed by atoms with Gasteiger partial charge in [-0.15, -0.1) is 0 Å². The number of piperazine rings is 1. The number of rotatable bonds is 6. The Bertz CT molecular complexity index is 240. The predicted molar refractivity (Wildman–Crippen MR) is 79.6 cm³/mol. The van der Waals surface area contributed by atoms with E-state index in [1.54, 1.807) is 0 Å². The summed E-state index contributed by atoms with van der Waals surface area (Å²) in [6.45, 7) is 12.6. The van der Waals surface area contributed by atoms with Crippen molar-refractivity contribution in [1.82, 2.24) is 15.1 Å². The van der Waals surface area contributed by atoms with Crippen LogP contribution in [0.3, 0.4) is 0 Å². The van der Waals surface area contributed by atoms with Gasteiger partial charge in [-0.2, -0.15) is 0 Å². The smallest absolute Gasteiger partial charge is 0.0546 e. The molecule has 1 unspecified atom stereocenters. The predicted octanol–water partition coefficient (Wildman–Crippen LogP) is 1.03. The lowest BCUT2D eigenvalue weighted by Crippen LogP contribution is -2.53. The molecule has 1 N–H and O–H groups in total. The molecular formula is C15H31N3O. The highest BCUT2D eigenvalue weighted by Gasteiger charge is 2.34. The third-order valence-electron chi connectivity index (χ3n) is 4.52. The van der Waals surface area contributed by atoms with Gasteiger partial charge < -0.3 is 19.9 Å². The summed E-state index contributed by atoms with van der Waals surface area (Å²) in [5.74, 6) is 0. The first-order chi connectivity index (χ1) is 9.28. The summed E-state index contributed by atoms with van der Waals surface area (Å²) in [4.78, 5) is 5.25. The van der Waals surface area contributed by atoms with Crippen LogP contribution in [-0.4, -0.2) is 75.9 Å². The maximum absolute atomic E-state index is 5.76. The van der Waals surface area contributed by atoms with Crippen molar-refractivity contribution in [1.29, 1.82) is 0 Å². The van der Waals surface area contributed by atoms with Crippen LogP contribution in [0, 0.1) is 5.41 Å². The third-order valence-corrected chi connectivity index (χ3v) is 4.52. The van der Waals surface area contributed by atoms with Crippen molar-refractivity contribution < 1.29 is 4.74 Å². The Morgan fingerprint density at radius 2 is 1.89 bits per heavy atom. The van der Waals surface area contributed by atoms with Crippen LogP contribution in [-0.2, 0) is 4.74 Å². The number of nitrogens with one attached hydrogen (secondary N) is 1. The molecule has 0 bridgehead atoms. The van der Waals surface area contributed by atoms with Crippen LogP contribution >= 0.6 is 0 Å². The second-order valence-corrected chi connectivity index (χ2v) is 6.30. The Morgan fingerprint density at radius 3 is 2.47 bits per heavy atom. The van der Waals surface area contributed by atoms with Crippen molar-refractivity contribution in [2.75, 3.05) is 66.1 Å². The number of hydrogen-bond donors (Lipinski definition) is 1. The Kier molecular flexibility index (Phi) is 6.07. The van der Waals surface area contributed by atoms with Crippen molar-refractivity contribution in [3.63, 3.8) is 0 Å². The van der Waals surface area contributed by atoms with Gasteiger partial charge in [-0.3, -0.25) is 0 Å². The van der Waals surface area contributed by atoms with E-state index in [9.17, 15) is 0 Å². The van der Waals surface area contributed by atoms with Gasteiger partial charge in [-0.1, -0.05) is 6.92 Å². The molecule has 2 aliphatic heterocycles. The van der Waals surface area contributed by atoms with Crippen molar-refractivity contribution in [2.24, 2.45) is 5.41 Å². The van der Waals surface area contributed by atoms with E-state index < -0.39 is 0 Å². The largest absolute Gasteiger partial charge is 0.381 e. The van der Waals surface area contributed by atoms with E-state index in [1.165, 1.54) is 58.5 Å². The molecule has 4 nitrogen and oxygen atoms in total. The van der Waals surface area contributed by atoms with Crippen LogP contribution < -0.4 is 5.32 Å². The van der Waals surface area contributed by atoms with Gasteiger partial charge in [0.05, 0.1) is 6.61 Å². The standard InChI is InChI=1S/C15H31N3O/c1-3-6-17-7-9-18(10-8-17)13-15(12-16-2)5-4-11-19-14-15/h16H,3-14H2,1-2H3. The van der Waals surface area contributed by atoms with Crippen LogP contribution in [0.1, 0.15) is 26.2 Å². The average molecular weight is 269 g/mol. The minimum atomic E-state index is 0.347. The van der Waals surface area contributed by atoms with Crippen LogP contribution in [0.15, 0.2) is 0 Å². The highest BCUT2D eigenvalue weighted by Crippen LogP contribution is 2.29. The molecule has 0 radical (unpaired) electrons. The van der Waals surface area contributed by atoms with Crippen molar-refractivity contribution in [3.8, 4) is 0 Å². The van der Waals surface area contributed by atoms with Gasteiger partial charge in [0.1, 0.15) is 0 Å². The molecule has 2 aliphatic rings. The average Bonchev–Trinajstić information content (AvgIpc) is 2.43. The van der Waals surface area contributed by atoms with Gasteiger partial charge in [-0.05, 0) is 32.9 Å². The summed E-state index contributed by atoms with van der Waals surface area (Å²) in [6, 6.07) is 0. The molecule has 1 atom stereocenters. The van der Waals surface area contributed by atoms with Crippen molar-refractivity contribution in [2.45, 2.75) is 26.2 Å². The van der Waals surface area contributed by atoms with Gasteiger partial charge in [0.2, 0.25) is 0 Å². The summed E-state index contributed by atoms with van der Waals surface area (Å²) in [5, 5.41) is 3.38. The highest BCUT2D eigenvalue weighted by atomic mass is 16.5. The first-order valence-corrected chi connectivity index (χ1v) is 7.95.